The SMILES string of the molecule is CCc1c(CN)cccc1Oc1cc(Cl)ccc1C#N. The first-order chi connectivity index (χ1) is 9.69. The number of rotatable bonds is 4. The minimum atomic E-state index is 0.453. The molecule has 3 nitrogen and oxygen atoms in total. The van der Waals surface area contributed by atoms with E-state index >= 15 is 0 Å². The third-order valence-corrected chi connectivity index (χ3v) is 3.32. The summed E-state index contributed by atoms with van der Waals surface area (Å²) in [7, 11) is 0. The van der Waals surface area contributed by atoms with Crippen molar-refractivity contribution in [3.05, 3.63) is 58.1 Å². The van der Waals surface area contributed by atoms with Crippen molar-refractivity contribution in [2.24, 2.45) is 5.73 Å². The fourth-order valence-electron chi connectivity index (χ4n) is 2.09. The van der Waals surface area contributed by atoms with E-state index in [4.69, 9.17) is 27.3 Å². The second kappa shape index (κ2) is 6.42. The van der Waals surface area contributed by atoms with Crippen LogP contribution in [0.2, 0.25) is 5.02 Å². The van der Waals surface area contributed by atoms with Gasteiger partial charge in [-0.15, -0.1) is 0 Å². The second-order valence-corrected chi connectivity index (χ2v) is 4.74. The van der Waals surface area contributed by atoms with Crippen LogP contribution in [0.15, 0.2) is 36.4 Å². The molecule has 2 aromatic carbocycles. The van der Waals surface area contributed by atoms with E-state index in [1.165, 1.54) is 0 Å². The highest BCUT2D eigenvalue weighted by atomic mass is 35.5. The summed E-state index contributed by atoms with van der Waals surface area (Å²) < 4.78 is 5.88. The molecule has 0 spiro atoms. The molecule has 0 aliphatic heterocycles. The smallest absolute Gasteiger partial charge is 0.146 e. The molecular formula is C16H15ClN2O. The number of benzene rings is 2. The van der Waals surface area contributed by atoms with Crippen LogP contribution in [0.25, 0.3) is 0 Å². The molecule has 20 heavy (non-hydrogen) atoms. The number of ether oxygens (including phenoxy) is 1. The van der Waals surface area contributed by atoms with Gasteiger partial charge in [-0.25, -0.2) is 0 Å². The lowest BCUT2D eigenvalue weighted by Gasteiger charge is -2.14. The predicted octanol–water partition coefficient (Wildman–Crippen LogP) is 4.03. The Hall–Kier alpha value is -2.02. The maximum Gasteiger partial charge on any atom is 0.146 e. The van der Waals surface area contributed by atoms with Crippen molar-refractivity contribution in [1.82, 2.24) is 0 Å². The van der Waals surface area contributed by atoms with E-state index in [-0.39, 0.29) is 0 Å². The van der Waals surface area contributed by atoms with Gasteiger partial charge in [-0.1, -0.05) is 30.7 Å². The summed E-state index contributed by atoms with van der Waals surface area (Å²) in [6.07, 6.45) is 0.811. The average molecular weight is 287 g/mol. The van der Waals surface area contributed by atoms with E-state index in [1.54, 1.807) is 18.2 Å². The quantitative estimate of drug-likeness (QED) is 0.923. The van der Waals surface area contributed by atoms with E-state index in [0.717, 1.165) is 17.5 Å². The van der Waals surface area contributed by atoms with Crippen LogP contribution in [0.5, 0.6) is 11.5 Å². The van der Waals surface area contributed by atoms with Crippen LogP contribution in [0.1, 0.15) is 23.6 Å². The molecule has 102 valence electrons. The molecule has 0 heterocycles. The zero-order chi connectivity index (χ0) is 14.5. The number of hydrogen-bond acceptors (Lipinski definition) is 3. The van der Waals surface area contributed by atoms with Gasteiger partial charge in [-0.3, -0.25) is 0 Å². The minimum absolute atomic E-state index is 0.453. The summed E-state index contributed by atoms with van der Waals surface area (Å²) in [6, 6.07) is 12.8. The molecule has 0 aliphatic carbocycles. The van der Waals surface area contributed by atoms with Crippen LogP contribution in [0.4, 0.5) is 0 Å². The average Bonchev–Trinajstić information content (AvgIpc) is 2.47. The normalized spacial score (nSPS) is 10.1. The summed E-state index contributed by atoms with van der Waals surface area (Å²) in [5.41, 5.74) is 8.29. The Kier molecular flexibility index (Phi) is 4.62. The van der Waals surface area contributed by atoms with Crippen molar-refractivity contribution in [3.63, 3.8) is 0 Å². The molecule has 4 heteroatoms. The molecule has 0 aliphatic rings. The van der Waals surface area contributed by atoms with Crippen molar-refractivity contribution >= 4 is 11.6 Å². The zero-order valence-electron chi connectivity index (χ0n) is 11.2. The van der Waals surface area contributed by atoms with Crippen LogP contribution in [-0.2, 0) is 13.0 Å². The highest BCUT2D eigenvalue weighted by molar-refractivity contribution is 6.30. The Labute approximate surface area is 123 Å². The maximum absolute atomic E-state index is 9.12. The number of nitriles is 1. The van der Waals surface area contributed by atoms with Crippen LogP contribution in [-0.4, -0.2) is 0 Å². The van der Waals surface area contributed by atoms with Crippen molar-refractivity contribution in [2.75, 3.05) is 0 Å². The van der Waals surface area contributed by atoms with Gasteiger partial charge in [-0.2, -0.15) is 5.26 Å². The van der Waals surface area contributed by atoms with Crippen molar-refractivity contribution in [3.8, 4) is 17.6 Å². The molecule has 0 atom stereocenters. The Balaban J connectivity index is 2.45. The molecular weight excluding hydrogens is 272 g/mol. The molecule has 0 unspecified atom stereocenters. The van der Waals surface area contributed by atoms with Gasteiger partial charge in [0.05, 0.1) is 5.56 Å². The van der Waals surface area contributed by atoms with Crippen LogP contribution >= 0.6 is 11.6 Å². The fourth-order valence-corrected chi connectivity index (χ4v) is 2.25. The molecule has 0 saturated heterocycles. The molecule has 2 N–H and O–H groups in total. The Bertz CT molecular complexity index is 662. The molecule has 0 aromatic heterocycles. The first-order valence-electron chi connectivity index (χ1n) is 6.38. The van der Waals surface area contributed by atoms with Gasteiger partial charge < -0.3 is 10.5 Å². The van der Waals surface area contributed by atoms with E-state index in [1.807, 2.05) is 25.1 Å². The summed E-state index contributed by atoms with van der Waals surface area (Å²) in [5, 5.41) is 9.66. The monoisotopic (exact) mass is 286 g/mol. The Morgan fingerprint density at radius 3 is 2.70 bits per heavy atom. The number of nitrogens with two attached hydrogens (primary N) is 1. The number of nitrogens with zero attached hydrogens (tertiary/aromatic N) is 1. The van der Waals surface area contributed by atoms with Crippen LogP contribution < -0.4 is 10.5 Å². The van der Waals surface area contributed by atoms with Gasteiger partial charge in [0.1, 0.15) is 17.6 Å². The summed E-state index contributed by atoms with van der Waals surface area (Å²) in [5.74, 6) is 1.18. The van der Waals surface area contributed by atoms with Gasteiger partial charge in [0.2, 0.25) is 0 Å². The molecule has 0 saturated carbocycles. The molecule has 2 rings (SSSR count). The van der Waals surface area contributed by atoms with Gasteiger partial charge in [0, 0.05) is 17.6 Å². The molecule has 0 radical (unpaired) electrons. The lowest BCUT2D eigenvalue weighted by molar-refractivity contribution is 0.474. The predicted molar refractivity (Wildman–Crippen MR) is 80.0 cm³/mol. The first kappa shape index (κ1) is 14.4. The summed E-state index contributed by atoms with van der Waals surface area (Å²) in [6.45, 7) is 2.51. The highest BCUT2D eigenvalue weighted by Gasteiger charge is 2.11. The summed E-state index contributed by atoms with van der Waals surface area (Å²) >= 11 is 5.96. The van der Waals surface area contributed by atoms with E-state index in [0.29, 0.717) is 28.6 Å². The Morgan fingerprint density at radius 1 is 1.25 bits per heavy atom. The van der Waals surface area contributed by atoms with Crippen molar-refractivity contribution < 1.29 is 4.74 Å². The van der Waals surface area contributed by atoms with E-state index in [2.05, 4.69) is 6.07 Å². The number of halogens is 1. The van der Waals surface area contributed by atoms with Gasteiger partial charge in [0.15, 0.2) is 0 Å². The summed E-state index contributed by atoms with van der Waals surface area (Å²) in [4.78, 5) is 0. The van der Waals surface area contributed by atoms with Gasteiger partial charge >= 0.3 is 0 Å². The third-order valence-electron chi connectivity index (χ3n) is 3.09. The van der Waals surface area contributed by atoms with Gasteiger partial charge in [0.25, 0.3) is 0 Å². The molecule has 0 bridgehead atoms. The van der Waals surface area contributed by atoms with Crippen LogP contribution in [0.3, 0.4) is 0 Å². The van der Waals surface area contributed by atoms with Crippen molar-refractivity contribution in [2.45, 2.75) is 19.9 Å². The highest BCUT2D eigenvalue weighted by Crippen LogP contribution is 2.31. The first-order valence-corrected chi connectivity index (χ1v) is 6.75. The minimum Gasteiger partial charge on any atom is -0.456 e. The molecule has 2 aromatic rings. The molecule has 0 amide bonds. The number of hydrogen-bond donors (Lipinski definition) is 1. The van der Waals surface area contributed by atoms with E-state index < -0.39 is 0 Å². The Morgan fingerprint density at radius 2 is 2.05 bits per heavy atom. The maximum atomic E-state index is 9.12. The lowest BCUT2D eigenvalue weighted by atomic mass is 10.0. The fraction of sp³-hybridized carbons (Fsp3) is 0.188. The lowest BCUT2D eigenvalue weighted by Crippen LogP contribution is -2.03. The largest absolute Gasteiger partial charge is 0.456 e. The third kappa shape index (κ3) is 2.93. The van der Waals surface area contributed by atoms with Gasteiger partial charge in [-0.05, 0) is 35.7 Å². The second-order valence-electron chi connectivity index (χ2n) is 4.31. The standard InChI is InChI=1S/C16H15ClN2O/c1-2-14-11(9-18)4-3-5-15(14)20-16-8-13(17)7-6-12(16)10-19/h3-8H,2,9,18H2,1H3. The van der Waals surface area contributed by atoms with E-state index in [9.17, 15) is 0 Å². The topological polar surface area (TPSA) is 59.0 Å². The van der Waals surface area contributed by atoms with Crippen LogP contribution in [0, 0.1) is 11.3 Å². The zero-order valence-corrected chi connectivity index (χ0v) is 11.9. The van der Waals surface area contributed by atoms with Crippen molar-refractivity contribution in [1.29, 1.82) is 5.26 Å². The molecule has 0 fully saturated rings.